The molecule has 0 aromatic heterocycles. The highest BCUT2D eigenvalue weighted by Gasteiger charge is 2.59. The molecule has 3 heteroatoms. The number of ether oxygens (including phenoxy) is 1. The number of carbonyl (C=O) groups is 2. The van der Waals surface area contributed by atoms with E-state index in [1.54, 1.807) is 0 Å². The normalized spacial score (nSPS) is 45.9. The zero-order valence-corrected chi connectivity index (χ0v) is 16.0. The molecule has 0 aromatic rings. The van der Waals surface area contributed by atoms with Crippen LogP contribution in [0.3, 0.4) is 0 Å². The predicted octanol–water partition coefficient (Wildman–Crippen LogP) is 4.84. The lowest BCUT2D eigenvalue weighted by Gasteiger charge is -2.57. The first-order valence-corrected chi connectivity index (χ1v) is 10.3. The van der Waals surface area contributed by atoms with Crippen molar-refractivity contribution >= 4 is 11.8 Å². The smallest absolute Gasteiger partial charge is 0.305 e. The van der Waals surface area contributed by atoms with Crippen LogP contribution in [0.2, 0.25) is 0 Å². The third-order valence-electron chi connectivity index (χ3n) is 8.44. The van der Waals surface area contributed by atoms with Crippen molar-refractivity contribution in [3.8, 4) is 0 Å². The van der Waals surface area contributed by atoms with E-state index in [4.69, 9.17) is 4.74 Å². The molecule has 6 atom stereocenters. The van der Waals surface area contributed by atoms with Gasteiger partial charge in [-0.15, -0.1) is 0 Å². The van der Waals surface area contributed by atoms with Gasteiger partial charge in [-0.1, -0.05) is 26.3 Å². The fraction of sp³-hybridized carbons (Fsp3) is 0.818. The number of hydrogen-bond donors (Lipinski definition) is 0. The van der Waals surface area contributed by atoms with Crippen molar-refractivity contribution in [2.24, 2.45) is 28.6 Å². The van der Waals surface area contributed by atoms with Gasteiger partial charge < -0.3 is 4.74 Å². The average Bonchev–Trinajstić information content (AvgIpc) is 2.92. The van der Waals surface area contributed by atoms with E-state index >= 15 is 0 Å². The van der Waals surface area contributed by atoms with Crippen LogP contribution in [-0.4, -0.2) is 17.9 Å². The zero-order valence-electron chi connectivity index (χ0n) is 16.0. The van der Waals surface area contributed by atoms with E-state index in [1.165, 1.54) is 24.8 Å². The molecule has 3 saturated carbocycles. The molecule has 0 heterocycles. The van der Waals surface area contributed by atoms with Crippen molar-refractivity contribution in [1.29, 1.82) is 0 Å². The molecule has 4 rings (SSSR count). The highest BCUT2D eigenvalue weighted by atomic mass is 16.5. The minimum absolute atomic E-state index is 0.0411. The molecule has 0 aliphatic heterocycles. The Morgan fingerprint density at radius 3 is 2.68 bits per heavy atom. The second kappa shape index (κ2) is 5.96. The second-order valence-electron chi connectivity index (χ2n) is 9.42. The molecule has 4 aliphatic carbocycles. The molecule has 0 bridgehead atoms. The molecule has 0 radical (unpaired) electrons. The van der Waals surface area contributed by atoms with E-state index in [0.29, 0.717) is 24.0 Å². The molecular formula is C22H32O3. The number of rotatable bonds is 2. The molecule has 3 fully saturated rings. The van der Waals surface area contributed by atoms with Gasteiger partial charge in [0.15, 0.2) is 5.78 Å². The quantitative estimate of drug-likeness (QED) is 0.673. The second-order valence-corrected chi connectivity index (χ2v) is 9.42. The van der Waals surface area contributed by atoms with E-state index in [2.05, 4.69) is 13.8 Å². The van der Waals surface area contributed by atoms with Gasteiger partial charge in [0.1, 0.15) is 6.10 Å². The Hall–Kier alpha value is -1.12. The molecule has 25 heavy (non-hydrogen) atoms. The number of ketones is 1. The Balaban J connectivity index is 1.59. The molecule has 0 saturated heterocycles. The highest BCUT2D eigenvalue weighted by Crippen LogP contribution is 2.65. The van der Waals surface area contributed by atoms with Gasteiger partial charge in [-0.2, -0.15) is 0 Å². The van der Waals surface area contributed by atoms with Crippen LogP contribution in [0.1, 0.15) is 78.6 Å². The lowest BCUT2D eigenvalue weighted by atomic mass is 9.47. The number of carbonyl (C=O) groups excluding carboxylic acids is 2. The fourth-order valence-corrected chi connectivity index (χ4v) is 6.95. The zero-order chi connectivity index (χ0) is 17.8. The summed E-state index contributed by atoms with van der Waals surface area (Å²) >= 11 is 0. The van der Waals surface area contributed by atoms with Gasteiger partial charge in [0, 0.05) is 18.3 Å². The largest absolute Gasteiger partial charge is 0.462 e. The highest BCUT2D eigenvalue weighted by molar-refractivity contribution is 5.91. The summed E-state index contributed by atoms with van der Waals surface area (Å²) in [6.45, 7) is 6.69. The Morgan fingerprint density at radius 2 is 1.92 bits per heavy atom. The Morgan fingerprint density at radius 1 is 1.12 bits per heavy atom. The molecule has 4 aliphatic rings. The third-order valence-corrected chi connectivity index (χ3v) is 8.44. The van der Waals surface area contributed by atoms with E-state index in [-0.39, 0.29) is 22.9 Å². The summed E-state index contributed by atoms with van der Waals surface area (Å²) in [6.07, 6.45) is 11.3. The van der Waals surface area contributed by atoms with Crippen LogP contribution in [0.5, 0.6) is 0 Å². The topological polar surface area (TPSA) is 43.4 Å². The number of hydrogen-bond acceptors (Lipinski definition) is 3. The third kappa shape index (κ3) is 2.52. The Bertz CT molecular complexity index is 621. The fourth-order valence-electron chi connectivity index (χ4n) is 6.95. The van der Waals surface area contributed by atoms with Crippen molar-refractivity contribution in [2.45, 2.75) is 84.7 Å². The van der Waals surface area contributed by atoms with Gasteiger partial charge >= 0.3 is 5.97 Å². The minimum atomic E-state index is -0.0411. The first kappa shape index (κ1) is 17.3. The Labute approximate surface area is 151 Å². The lowest BCUT2D eigenvalue weighted by molar-refractivity contribution is -0.159. The molecule has 0 unspecified atom stereocenters. The van der Waals surface area contributed by atoms with E-state index in [1.807, 2.05) is 13.0 Å². The van der Waals surface area contributed by atoms with Crippen LogP contribution in [0.15, 0.2) is 11.6 Å². The molecule has 138 valence electrons. The lowest BCUT2D eigenvalue weighted by Crippen LogP contribution is -2.51. The van der Waals surface area contributed by atoms with Crippen molar-refractivity contribution in [1.82, 2.24) is 0 Å². The number of esters is 1. The van der Waals surface area contributed by atoms with Crippen molar-refractivity contribution in [3.05, 3.63) is 11.6 Å². The maximum absolute atomic E-state index is 11.9. The SMILES string of the molecule is CCC(=O)O[C@H]1CC[C@@H]2[C@H]3CCC4=CC(=O)CC[C@]4(C)[C@@H]3CC[C@@]12C. The van der Waals surface area contributed by atoms with Crippen LogP contribution < -0.4 is 0 Å². The molecule has 0 amide bonds. The minimum Gasteiger partial charge on any atom is -0.462 e. The molecular weight excluding hydrogens is 312 g/mol. The van der Waals surface area contributed by atoms with E-state index in [0.717, 1.165) is 38.0 Å². The Kier molecular flexibility index (Phi) is 4.12. The summed E-state index contributed by atoms with van der Waals surface area (Å²) in [4.78, 5) is 23.8. The molecule has 0 spiro atoms. The van der Waals surface area contributed by atoms with Crippen molar-refractivity contribution in [2.75, 3.05) is 0 Å². The van der Waals surface area contributed by atoms with Gasteiger partial charge in [0.05, 0.1) is 0 Å². The molecule has 3 nitrogen and oxygen atoms in total. The summed E-state index contributed by atoms with van der Waals surface area (Å²) in [6, 6.07) is 0. The summed E-state index contributed by atoms with van der Waals surface area (Å²) < 4.78 is 5.86. The maximum Gasteiger partial charge on any atom is 0.305 e. The first-order chi connectivity index (χ1) is 11.9. The molecule has 0 aromatic carbocycles. The van der Waals surface area contributed by atoms with E-state index < -0.39 is 0 Å². The van der Waals surface area contributed by atoms with Crippen LogP contribution in [-0.2, 0) is 14.3 Å². The van der Waals surface area contributed by atoms with Gasteiger partial charge in [-0.3, -0.25) is 9.59 Å². The van der Waals surface area contributed by atoms with Crippen LogP contribution in [0, 0.1) is 28.6 Å². The first-order valence-electron chi connectivity index (χ1n) is 10.3. The van der Waals surface area contributed by atoms with Gasteiger partial charge in [0.25, 0.3) is 0 Å². The van der Waals surface area contributed by atoms with Gasteiger partial charge in [0.2, 0.25) is 0 Å². The van der Waals surface area contributed by atoms with Crippen LogP contribution in [0.25, 0.3) is 0 Å². The van der Waals surface area contributed by atoms with Crippen molar-refractivity contribution < 1.29 is 14.3 Å². The predicted molar refractivity (Wildman–Crippen MR) is 96.9 cm³/mol. The number of fused-ring (bicyclic) bond motifs is 5. The standard InChI is InChI=1S/C22H32O3/c1-4-20(24)25-19-8-7-17-16-6-5-14-13-15(23)9-11-21(14,2)18(16)10-12-22(17,19)3/h13,16-19H,4-12H2,1-3H3/t16-,17-,18-,19+,21+,22-/m1/s1. The summed E-state index contributed by atoms with van der Waals surface area (Å²) in [5.74, 6) is 2.41. The van der Waals surface area contributed by atoms with Gasteiger partial charge in [-0.05, 0) is 74.2 Å². The summed E-state index contributed by atoms with van der Waals surface area (Å²) in [5, 5.41) is 0. The van der Waals surface area contributed by atoms with Crippen LogP contribution >= 0.6 is 0 Å². The van der Waals surface area contributed by atoms with Crippen LogP contribution in [0.4, 0.5) is 0 Å². The average molecular weight is 344 g/mol. The summed E-state index contributed by atoms with van der Waals surface area (Å²) in [7, 11) is 0. The maximum atomic E-state index is 11.9. The van der Waals surface area contributed by atoms with Crippen molar-refractivity contribution in [3.63, 3.8) is 0 Å². The van der Waals surface area contributed by atoms with E-state index in [9.17, 15) is 9.59 Å². The molecule has 0 N–H and O–H groups in total. The van der Waals surface area contributed by atoms with Gasteiger partial charge in [-0.25, -0.2) is 0 Å². The summed E-state index contributed by atoms with van der Waals surface area (Å²) in [5.41, 5.74) is 1.82. The monoisotopic (exact) mass is 344 g/mol. The number of allylic oxidation sites excluding steroid dienone is 1.